The molecule has 0 aliphatic heterocycles. The molecule has 0 saturated heterocycles. The molecule has 4 nitrogen and oxygen atoms in total. The standard InChI is InChI=1S/C11H9F3N4/c12-8-1-6(2-9(13)10(8)14)11(18-15)7-3-16-5-17-4-7/h1-5,11,18H,15H2. The Morgan fingerprint density at radius 3 is 2.06 bits per heavy atom. The topological polar surface area (TPSA) is 63.8 Å². The molecule has 2 rings (SSSR count). The Hall–Kier alpha value is -1.99. The monoisotopic (exact) mass is 254 g/mol. The van der Waals surface area contributed by atoms with Crippen LogP contribution in [0, 0.1) is 17.5 Å². The zero-order valence-electron chi connectivity index (χ0n) is 9.07. The maximum atomic E-state index is 13.1. The van der Waals surface area contributed by atoms with Crippen LogP contribution in [0.4, 0.5) is 13.2 Å². The van der Waals surface area contributed by atoms with Crippen molar-refractivity contribution in [2.45, 2.75) is 6.04 Å². The SMILES string of the molecule is NNC(c1cncnc1)c1cc(F)c(F)c(F)c1. The van der Waals surface area contributed by atoms with Crippen molar-refractivity contribution >= 4 is 0 Å². The van der Waals surface area contributed by atoms with Gasteiger partial charge in [0.15, 0.2) is 17.5 Å². The third kappa shape index (κ3) is 2.31. The van der Waals surface area contributed by atoms with Crippen molar-refractivity contribution in [3.8, 4) is 0 Å². The molecule has 18 heavy (non-hydrogen) atoms. The lowest BCUT2D eigenvalue weighted by Crippen LogP contribution is -2.29. The molecule has 0 amide bonds. The first kappa shape index (κ1) is 12.5. The van der Waals surface area contributed by atoms with E-state index in [0.29, 0.717) is 5.56 Å². The maximum Gasteiger partial charge on any atom is 0.194 e. The van der Waals surface area contributed by atoms with Crippen LogP contribution in [0.2, 0.25) is 0 Å². The van der Waals surface area contributed by atoms with E-state index in [2.05, 4.69) is 15.4 Å². The molecule has 0 aliphatic carbocycles. The van der Waals surface area contributed by atoms with Crippen molar-refractivity contribution in [3.05, 3.63) is 59.4 Å². The number of hydrazine groups is 1. The quantitative estimate of drug-likeness (QED) is 0.494. The predicted molar refractivity (Wildman–Crippen MR) is 57.5 cm³/mol. The van der Waals surface area contributed by atoms with Gasteiger partial charge < -0.3 is 0 Å². The van der Waals surface area contributed by atoms with Gasteiger partial charge in [0.05, 0.1) is 6.04 Å². The molecule has 3 N–H and O–H groups in total. The summed E-state index contributed by atoms with van der Waals surface area (Å²) in [4.78, 5) is 7.55. The summed E-state index contributed by atoms with van der Waals surface area (Å²) in [5.74, 6) is 1.26. The van der Waals surface area contributed by atoms with Crippen molar-refractivity contribution < 1.29 is 13.2 Å². The van der Waals surface area contributed by atoms with Gasteiger partial charge in [0.25, 0.3) is 0 Å². The Labute approximate surface area is 101 Å². The van der Waals surface area contributed by atoms with Gasteiger partial charge in [-0.1, -0.05) is 0 Å². The Morgan fingerprint density at radius 1 is 1.00 bits per heavy atom. The van der Waals surface area contributed by atoms with Crippen molar-refractivity contribution in [1.82, 2.24) is 15.4 Å². The van der Waals surface area contributed by atoms with E-state index in [1.54, 1.807) is 0 Å². The van der Waals surface area contributed by atoms with E-state index in [-0.39, 0.29) is 5.56 Å². The Morgan fingerprint density at radius 2 is 1.56 bits per heavy atom. The lowest BCUT2D eigenvalue weighted by molar-refractivity contribution is 0.442. The fourth-order valence-corrected chi connectivity index (χ4v) is 1.59. The van der Waals surface area contributed by atoms with Gasteiger partial charge in [0.2, 0.25) is 0 Å². The summed E-state index contributed by atoms with van der Waals surface area (Å²) in [6.07, 6.45) is 4.19. The Bertz CT molecular complexity index is 524. The number of nitrogens with one attached hydrogen (secondary N) is 1. The number of nitrogens with zero attached hydrogens (tertiary/aromatic N) is 2. The zero-order valence-corrected chi connectivity index (χ0v) is 9.07. The number of rotatable bonds is 3. The minimum atomic E-state index is -1.51. The second kappa shape index (κ2) is 5.11. The number of aromatic nitrogens is 2. The fraction of sp³-hybridized carbons (Fsp3) is 0.0909. The molecule has 0 bridgehead atoms. The van der Waals surface area contributed by atoms with Crippen molar-refractivity contribution in [2.24, 2.45) is 5.84 Å². The van der Waals surface area contributed by atoms with Gasteiger partial charge in [-0.3, -0.25) is 5.84 Å². The van der Waals surface area contributed by atoms with Gasteiger partial charge >= 0.3 is 0 Å². The molecule has 0 fully saturated rings. The third-order valence-electron chi connectivity index (χ3n) is 2.42. The highest BCUT2D eigenvalue weighted by atomic mass is 19.2. The summed E-state index contributed by atoms with van der Waals surface area (Å²) in [5, 5.41) is 0. The molecule has 94 valence electrons. The van der Waals surface area contributed by atoms with E-state index < -0.39 is 23.5 Å². The first-order valence-electron chi connectivity index (χ1n) is 4.99. The molecule has 1 aromatic carbocycles. The normalized spacial score (nSPS) is 12.4. The second-order valence-electron chi connectivity index (χ2n) is 3.57. The fourth-order valence-electron chi connectivity index (χ4n) is 1.59. The number of benzene rings is 1. The summed E-state index contributed by atoms with van der Waals surface area (Å²) in [7, 11) is 0. The highest BCUT2D eigenvalue weighted by Crippen LogP contribution is 2.23. The third-order valence-corrected chi connectivity index (χ3v) is 2.42. The summed E-state index contributed by atoms with van der Waals surface area (Å²) in [6, 6.07) is 1.02. The smallest absolute Gasteiger partial charge is 0.194 e. The minimum absolute atomic E-state index is 0.142. The molecular weight excluding hydrogens is 245 g/mol. The van der Waals surface area contributed by atoms with Crippen LogP contribution in [0.3, 0.4) is 0 Å². The van der Waals surface area contributed by atoms with Gasteiger partial charge in [-0.2, -0.15) is 0 Å². The van der Waals surface area contributed by atoms with Crippen LogP contribution in [-0.2, 0) is 0 Å². The molecule has 1 unspecified atom stereocenters. The average Bonchev–Trinajstić information content (AvgIpc) is 2.38. The van der Waals surface area contributed by atoms with Crippen LogP contribution in [0.15, 0.2) is 30.9 Å². The molecule has 1 heterocycles. The molecule has 2 aromatic rings. The molecular formula is C11H9F3N4. The van der Waals surface area contributed by atoms with Crippen LogP contribution in [-0.4, -0.2) is 9.97 Å². The first-order valence-corrected chi connectivity index (χ1v) is 4.99. The highest BCUT2D eigenvalue weighted by Gasteiger charge is 2.18. The summed E-state index contributed by atoms with van der Waals surface area (Å²) < 4.78 is 39.1. The van der Waals surface area contributed by atoms with Crippen LogP contribution in [0.25, 0.3) is 0 Å². The predicted octanol–water partition coefficient (Wildman–Crippen LogP) is 1.45. The van der Waals surface area contributed by atoms with E-state index in [4.69, 9.17) is 5.84 Å². The van der Waals surface area contributed by atoms with E-state index in [1.807, 2.05) is 0 Å². The summed E-state index contributed by atoms with van der Waals surface area (Å²) >= 11 is 0. The van der Waals surface area contributed by atoms with E-state index in [1.165, 1.54) is 18.7 Å². The van der Waals surface area contributed by atoms with Gasteiger partial charge in [-0.25, -0.2) is 28.6 Å². The van der Waals surface area contributed by atoms with Crippen LogP contribution in [0.1, 0.15) is 17.2 Å². The minimum Gasteiger partial charge on any atom is -0.271 e. The number of hydrogen-bond acceptors (Lipinski definition) is 4. The van der Waals surface area contributed by atoms with Crippen LogP contribution >= 0.6 is 0 Å². The van der Waals surface area contributed by atoms with Crippen LogP contribution < -0.4 is 11.3 Å². The van der Waals surface area contributed by atoms with E-state index in [9.17, 15) is 13.2 Å². The van der Waals surface area contributed by atoms with Gasteiger partial charge in [-0.05, 0) is 17.7 Å². The second-order valence-corrected chi connectivity index (χ2v) is 3.57. The van der Waals surface area contributed by atoms with Gasteiger partial charge in [0.1, 0.15) is 6.33 Å². The van der Waals surface area contributed by atoms with Crippen molar-refractivity contribution in [3.63, 3.8) is 0 Å². The first-order chi connectivity index (χ1) is 8.63. The molecule has 0 aliphatic rings. The van der Waals surface area contributed by atoms with Crippen molar-refractivity contribution in [1.29, 1.82) is 0 Å². The summed E-state index contributed by atoms with van der Waals surface area (Å²) in [6.45, 7) is 0. The molecule has 0 saturated carbocycles. The number of hydrogen-bond donors (Lipinski definition) is 2. The van der Waals surface area contributed by atoms with E-state index >= 15 is 0 Å². The molecule has 0 radical (unpaired) electrons. The summed E-state index contributed by atoms with van der Waals surface area (Å²) in [5.41, 5.74) is 3.02. The molecule has 0 spiro atoms. The Kier molecular flexibility index (Phi) is 3.54. The number of halogens is 3. The lowest BCUT2D eigenvalue weighted by atomic mass is 10.0. The van der Waals surface area contributed by atoms with Gasteiger partial charge in [0, 0.05) is 18.0 Å². The molecule has 1 atom stereocenters. The van der Waals surface area contributed by atoms with Crippen molar-refractivity contribution in [2.75, 3.05) is 0 Å². The lowest BCUT2D eigenvalue weighted by Gasteiger charge is -2.16. The van der Waals surface area contributed by atoms with Gasteiger partial charge in [-0.15, -0.1) is 0 Å². The average molecular weight is 254 g/mol. The largest absolute Gasteiger partial charge is 0.271 e. The van der Waals surface area contributed by atoms with E-state index in [0.717, 1.165) is 12.1 Å². The highest BCUT2D eigenvalue weighted by molar-refractivity contribution is 5.30. The zero-order chi connectivity index (χ0) is 13.1. The molecule has 7 heteroatoms. The van der Waals surface area contributed by atoms with Crippen LogP contribution in [0.5, 0.6) is 0 Å². The number of nitrogens with two attached hydrogens (primary N) is 1. The Balaban J connectivity index is 2.46. The maximum absolute atomic E-state index is 13.1. The molecule has 1 aromatic heterocycles.